The topological polar surface area (TPSA) is 66.4 Å². The van der Waals surface area contributed by atoms with Gasteiger partial charge >= 0.3 is 5.97 Å². The van der Waals surface area contributed by atoms with Crippen molar-refractivity contribution in [2.45, 2.75) is 13.8 Å². The minimum Gasteiger partial charge on any atom is -0.478 e. The highest BCUT2D eigenvalue weighted by Crippen LogP contribution is 2.20. The first-order valence-corrected chi connectivity index (χ1v) is 7.22. The van der Waals surface area contributed by atoms with Gasteiger partial charge in [-0.1, -0.05) is 6.07 Å². The molecule has 0 fully saturated rings. The Morgan fingerprint density at radius 3 is 2.62 bits per heavy atom. The Kier molecular flexibility index (Phi) is 4.55. The second-order valence-corrected chi connectivity index (χ2v) is 5.61. The van der Waals surface area contributed by atoms with E-state index in [-0.39, 0.29) is 5.91 Å². The SMILES string of the molecule is Cc1cc(/C=C/C(=O)O)cc(NC(=O)c2sccc2C)c1. The summed E-state index contributed by atoms with van der Waals surface area (Å²) in [5.41, 5.74) is 3.27. The van der Waals surface area contributed by atoms with Crippen molar-refractivity contribution >= 4 is 35.0 Å². The summed E-state index contributed by atoms with van der Waals surface area (Å²) in [7, 11) is 0. The number of carboxylic acid groups (broad SMARTS) is 1. The fourth-order valence-corrected chi connectivity index (χ4v) is 2.76. The van der Waals surface area contributed by atoms with Gasteiger partial charge in [-0.25, -0.2) is 4.79 Å². The van der Waals surface area contributed by atoms with E-state index in [1.807, 2.05) is 37.4 Å². The molecule has 2 rings (SSSR count). The van der Waals surface area contributed by atoms with Crippen LogP contribution in [-0.2, 0) is 4.79 Å². The van der Waals surface area contributed by atoms with Crippen molar-refractivity contribution in [2.24, 2.45) is 0 Å². The molecule has 0 saturated carbocycles. The van der Waals surface area contributed by atoms with Gasteiger partial charge in [-0.3, -0.25) is 4.79 Å². The standard InChI is InChI=1S/C16H15NO3S/c1-10-7-12(3-4-14(18)19)9-13(8-10)17-16(20)15-11(2)5-6-21-15/h3-9H,1-2H3,(H,17,20)(H,18,19)/b4-3+. The first kappa shape index (κ1) is 15.0. The minimum atomic E-state index is -1.00. The van der Waals surface area contributed by atoms with Crippen molar-refractivity contribution in [1.82, 2.24) is 0 Å². The van der Waals surface area contributed by atoms with Crippen molar-refractivity contribution in [3.8, 4) is 0 Å². The molecular formula is C16H15NO3S. The third kappa shape index (κ3) is 4.03. The van der Waals surface area contributed by atoms with E-state index >= 15 is 0 Å². The van der Waals surface area contributed by atoms with E-state index in [9.17, 15) is 9.59 Å². The van der Waals surface area contributed by atoms with Crippen molar-refractivity contribution in [2.75, 3.05) is 5.32 Å². The molecule has 1 amide bonds. The second kappa shape index (κ2) is 6.37. The molecule has 0 aliphatic rings. The number of hydrogen-bond donors (Lipinski definition) is 2. The van der Waals surface area contributed by atoms with Gasteiger partial charge in [-0.15, -0.1) is 11.3 Å². The molecule has 1 aromatic carbocycles. The van der Waals surface area contributed by atoms with E-state index in [2.05, 4.69) is 5.32 Å². The predicted octanol–water partition coefficient (Wildman–Crippen LogP) is 3.72. The van der Waals surface area contributed by atoms with Crippen LogP contribution in [0.5, 0.6) is 0 Å². The number of thiophene rings is 1. The lowest BCUT2D eigenvalue weighted by atomic mass is 10.1. The van der Waals surface area contributed by atoms with Crippen molar-refractivity contribution in [3.63, 3.8) is 0 Å². The smallest absolute Gasteiger partial charge is 0.328 e. The first-order chi connectivity index (χ1) is 9.95. The van der Waals surface area contributed by atoms with Crippen LogP contribution in [0.2, 0.25) is 0 Å². The van der Waals surface area contributed by atoms with Crippen LogP contribution in [0.25, 0.3) is 6.08 Å². The Hall–Kier alpha value is -2.40. The van der Waals surface area contributed by atoms with Crippen molar-refractivity contribution < 1.29 is 14.7 Å². The molecule has 0 radical (unpaired) electrons. The van der Waals surface area contributed by atoms with E-state index in [1.165, 1.54) is 17.4 Å². The van der Waals surface area contributed by atoms with Gasteiger partial charge in [0.2, 0.25) is 0 Å². The summed E-state index contributed by atoms with van der Waals surface area (Å²) in [6.07, 6.45) is 2.57. The third-order valence-electron chi connectivity index (χ3n) is 2.84. The molecule has 0 unspecified atom stereocenters. The van der Waals surface area contributed by atoms with Crippen LogP contribution in [-0.4, -0.2) is 17.0 Å². The van der Waals surface area contributed by atoms with E-state index in [4.69, 9.17) is 5.11 Å². The summed E-state index contributed by atoms with van der Waals surface area (Å²) in [4.78, 5) is 23.4. The number of nitrogens with one attached hydrogen (secondary N) is 1. The highest BCUT2D eigenvalue weighted by Gasteiger charge is 2.10. The maximum Gasteiger partial charge on any atom is 0.328 e. The normalized spacial score (nSPS) is 10.8. The number of benzene rings is 1. The molecule has 108 valence electrons. The summed E-state index contributed by atoms with van der Waals surface area (Å²) in [5, 5.41) is 13.4. The first-order valence-electron chi connectivity index (χ1n) is 6.34. The number of aryl methyl sites for hydroxylation is 2. The molecule has 0 aliphatic carbocycles. The van der Waals surface area contributed by atoms with Gasteiger partial charge in [0.15, 0.2) is 0 Å². The summed E-state index contributed by atoms with van der Waals surface area (Å²) in [5.74, 6) is -1.16. The molecule has 4 nitrogen and oxygen atoms in total. The number of anilines is 1. The Morgan fingerprint density at radius 1 is 1.24 bits per heavy atom. The van der Waals surface area contributed by atoms with E-state index in [0.29, 0.717) is 10.6 Å². The third-order valence-corrected chi connectivity index (χ3v) is 3.86. The fraction of sp³-hybridized carbons (Fsp3) is 0.125. The molecule has 2 N–H and O–H groups in total. The molecule has 0 spiro atoms. The summed E-state index contributed by atoms with van der Waals surface area (Å²) < 4.78 is 0. The molecule has 0 bridgehead atoms. The van der Waals surface area contributed by atoms with E-state index < -0.39 is 5.97 Å². The molecule has 0 saturated heterocycles. The van der Waals surface area contributed by atoms with Crippen LogP contribution in [0.1, 0.15) is 26.4 Å². The maximum absolute atomic E-state index is 12.2. The number of carbonyl (C=O) groups excluding carboxylic acids is 1. The highest BCUT2D eigenvalue weighted by atomic mass is 32.1. The zero-order valence-corrected chi connectivity index (χ0v) is 12.5. The van der Waals surface area contributed by atoms with Crippen LogP contribution < -0.4 is 5.32 Å². The van der Waals surface area contributed by atoms with Crippen LogP contribution in [0, 0.1) is 13.8 Å². The minimum absolute atomic E-state index is 0.152. The lowest BCUT2D eigenvalue weighted by Gasteiger charge is -2.07. The van der Waals surface area contributed by atoms with Gasteiger partial charge in [0.1, 0.15) is 0 Å². The van der Waals surface area contributed by atoms with Gasteiger partial charge in [0, 0.05) is 11.8 Å². The van der Waals surface area contributed by atoms with E-state index in [0.717, 1.165) is 22.8 Å². The number of carboxylic acids is 1. The quantitative estimate of drug-likeness (QED) is 0.846. The zero-order chi connectivity index (χ0) is 15.4. The van der Waals surface area contributed by atoms with Gasteiger partial charge in [-0.2, -0.15) is 0 Å². The second-order valence-electron chi connectivity index (χ2n) is 4.69. The van der Waals surface area contributed by atoms with Crippen molar-refractivity contribution in [1.29, 1.82) is 0 Å². The Morgan fingerprint density at radius 2 is 2.00 bits per heavy atom. The molecular weight excluding hydrogens is 286 g/mol. The molecule has 0 aliphatic heterocycles. The van der Waals surface area contributed by atoms with Gasteiger partial charge < -0.3 is 10.4 Å². The van der Waals surface area contributed by atoms with E-state index in [1.54, 1.807) is 6.07 Å². The largest absolute Gasteiger partial charge is 0.478 e. The molecule has 0 atom stereocenters. The average molecular weight is 301 g/mol. The van der Waals surface area contributed by atoms with Crippen LogP contribution >= 0.6 is 11.3 Å². The highest BCUT2D eigenvalue weighted by molar-refractivity contribution is 7.12. The summed E-state index contributed by atoms with van der Waals surface area (Å²) in [6, 6.07) is 7.34. The predicted molar refractivity (Wildman–Crippen MR) is 84.9 cm³/mol. The molecule has 1 heterocycles. The Labute approximate surface area is 126 Å². The average Bonchev–Trinajstić information content (AvgIpc) is 2.82. The molecule has 5 heteroatoms. The van der Waals surface area contributed by atoms with Gasteiger partial charge in [-0.05, 0) is 60.2 Å². The summed E-state index contributed by atoms with van der Waals surface area (Å²) in [6.45, 7) is 3.78. The fourth-order valence-electron chi connectivity index (χ4n) is 1.94. The van der Waals surface area contributed by atoms with Gasteiger partial charge in [0.25, 0.3) is 5.91 Å². The number of amides is 1. The lowest BCUT2D eigenvalue weighted by molar-refractivity contribution is -0.131. The number of aliphatic carboxylic acids is 1. The monoisotopic (exact) mass is 301 g/mol. The maximum atomic E-state index is 12.2. The molecule has 2 aromatic rings. The van der Waals surface area contributed by atoms with Crippen LogP contribution in [0.3, 0.4) is 0 Å². The number of hydrogen-bond acceptors (Lipinski definition) is 3. The Balaban J connectivity index is 2.22. The Bertz CT molecular complexity index is 716. The zero-order valence-electron chi connectivity index (χ0n) is 11.7. The summed E-state index contributed by atoms with van der Waals surface area (Å²) >= 11 is 1.40. The molecule has 1 aromatic heterocycles. The van der Waals surface area contributed by atoms with Gasteiger partial charge in [0.05, 0.1) is 4.88 Å². The van der Waals surface area contributed by atoms with Crippen LogP contribution in [0.15, 0.2) is 35.7 Å². The van der Waals surface area contributed by atoms with Crippen molar-refractivity contribution in [3.05, 3.63) is 57.3 Å². The number of carbonyl (C=O) groups is 2. The van der Waals surface area contributed by atoms with Crippen LogP contribution in [0.4, 0.5) is 5.69 Å². The lowest BCUT2D eigenvalue weighted by Crippen LogP contribution is -2.11. The molecule has 21 heavy (non-hydrogen) atoms. The number of rotatable bonds is 4.